The van der Waals surface area contributed by atoms with Gasteiger partial charge in [-0.3, -0.25) is 0 Å². The monoisotopic (exact) mass is 406 g/mol. The Morgan fingerprint density at radius 1 is 0.655 bits per heavy atom. The summed E-state index contributed by atoms with van der Waals surface area (Å²) >= 11 is 0. The van der Waals surface area contributed by atoms with E-state index in [0.717, 1.165) is 24.6 Å². The Morgan fingerprint density at radius 3 is 1.62 bits per heavy atom. The zero-order chi connectivity index (χ0) is 22.1. The number of unbranched alkanes of at least 4 members (excludes halogenated alkanes) is 2. The van der Waals surface area contributed by atoms with E-state index in [1.165, 1.54) is 6.08 Å². The minimum absolute atomic E-state index is 0.0435. The first-order valence-electron chi connectivity index (χ1n) is 9.14. The smallest absolute Gasteiger partial charge is 0.330 e. The average molecular weight is 406 g/mol. The number of allylic oxidation sites excluding steroid dienone is 1. The summed E-state index contributed by atoms with van der Waals surface area (Å²) in [6.07, 6.45) is 7.25. The van der Waals surface area contributed by atoms with Crippen LogP contribution in [0.5, 0.6) is 0 Å². The van der Waals surface area contributed by atoms with Crippen LogP contribution >= 0.6 is 0 Å². The maximum atomic E-state index is 11.6. The number of hydrogen-bond acceptors (Lipinski definition) is 7. The lowest BCUT2D eigenvalue weighted by Gasteiger charge is -2.32. The molecule has 0 N–H and O–H groups in total. The van der Waals surface area contributed by atoms with E-state index in [9.17, 15) is 14.4 Å². The van der Waals surface area contributed by atoms with Gasteiger partial charge in [0.15, 0.2) is 0 Å². The fourth-order valence-corrected chi connectivity index (χ4v) is 2.22. The van der Waals surface area contributed by atoms with Gasteiger partial charge in [0, 0.05) is 18.2 Å². The van der Waals surface area contributed by atoms with E-state index in [-0.39, 0.29) is 26.4 Å². The SMILES string of the molecule is C=CC(=C)OCC(CCCCCOC(=O)C=C)(COC(=O)C=C)COC(=O)C=C. The topological polar surface area (TPSA) is 88.1 Å². The molecule has 7 nitrogen and oxygen atoms in total. The fraction of sp³-hybridized carbons (Fsp3) is 0.409. The summed E-state index contributed by atoms with van der Waals surface area (Å²) in [5.74, 6) is -1.31. The average Bonchev–Trinajstić information content (AvgIpc) is 2.75. The number of ether oxygens (including phenoxy) is 4. The van der Waals surface area contributed by atoms with Crippen LogP contribution < -0.4 is 0 Å². The van der Waals surface area contributed by atoms with Crippen LogP contribution in [0.15, 0.2) is 63.0 Å². The highest BCUT2D eigenvalue weighted by atomic mass is 16.6. The Bertz CT molecular complexity index is 559. The molecule has 0 saturated heterocycles. The molecule has 160 valence electrons. The van der Waals surface area contributed by atoms with Gasteiger partial charge in [-0.2, -0.15) is 0 Å². The molecular formula is C22H30O7. The predicted octanol–water partition coefficient (Wildman–Crippen LogP) is 3.44. The summed E-state index contributed by atoms with van der Waals surface area (Å²) in [5, 5.41) is 0. The second-order valence-corrected chi connectivity index (χ2v) is 6.27. The van der Waals surface area contributed by atoms with E-state index < -0.39 is 23.3 Å². The van der Waals surface area contributed by atoms with Gasteiger partial charge in [0.1, 0.15) is 25.6 Å². The summed E-state index contributed by atoms with van der Waals surface area (Å²) in [6.45, 7) is 17.6. The van der Waals surface area contributed by atoms with E-state index in [2.05, 4.69) is 32.9 Å². The third-order valence-corrected chi connectivity index (χ3v) is 3.93. The number of esters is 3. The van der Waals surface area contributed by atoms with E-state index in [1.807, 2.05) is 0 Å². The van der Waals surface area contributed by atoms with Crippen molar-refractivity contribution < 1.29 is 33.3 Å². The summed E-state index contributed by atoms with van der Waals surface area (Å²) in [6, 6.07) is 0. The van der Waals surface area contributed by atoms with Gasteiger partial charge in [0.25, 0.3) is 0 Å². The molecule has 0 heterocycles. The highest BCUT2D eigenvalue weighted by molar-refractivity contribution is 5.82. The highest BCUT2D eigenvalue weighted by Crippen LogP contribution is 2.28. The van der Waals surface area contributed by atoms with Crippen LogP contribution in [0.1, 0.15) is 25.7 Å². The van der Waals surface area contributed by atoms with E-state index >= 15 is 0 Å². The zero-order valence-electron chi connectivity index (χ0n) is 16.9. The predicted molar refractivity (Wildman–Crippen MR) is 110 cm³/mol. The first-order valence-corrected chi connectivity index (χ1v) is 9.14. The molecular weight excluding hydrogens is 376 g/mol. The number of rotatable bonds is 17. The Hall–Kier alpha value is -3.09. The van der Waals surface area contributed by atoms with E-state index in [1.54, 1.807) is 0 Å². The van der Waals surface area contributed by atoms with Crippen molar-refractivity contribution in [1.29, 1.82) is 0 Å². The zero-order valence-corrected chi connectivity index (χ0v) is 16.9. The first kappa shape index (κ1) is 25.9. The highest BCUT2D eigenvalue weighted by Gasteiger charge is 2.34. The van der Waals surface area contributed by atoms with E-state index in [4.69, 9.17) is 18.9 Å². The van der Waals surface area contributed by atoms with Crippen molar-refractivity contribution in [2.75, 3.05) is 26.4 Å². The molecule has 0 aromatic carbocycles. The normalized spacial score (nSPS) is 10.2. The van der Waals surface area contributed by atoms with Crippen molar-refractivity contribution in [2.45, 2.75) is 25.7 Å². The lowest BCUT2D eigenvalue weighted by Crippen LogP contribution is -2.38. The van der Waals surface area contributed by atoms with Crippen LogP contribution in [0, 0.1) is 5.41 Å². The number of carbonyl (C=O) groups is 3. The molecule has 7 heteroatoms. The number of hydrogen-bond donors (Lipinski definition) is 0. The summed E-state index contributed by atoms with van der Waals surface area (Å²) < 4.78 is 21.0. The van der Waals surface area contributed by atoms with Crippen molar-refractivity contribution in [3.63, 3.8) is 0 Å². The Morgan fingerprint density at radius 2 is 1.14 bits per heavy atom. The molecule has 0 rings (SSSR count). The van der Waals surface area contributed by atoms with Crippen molar-refractivity contribution in [3.8, 4) is 0 Å². The Kier molecular flexibility index (Phi) is 13.3. The molecule has 0 aliphatic rings. The third kappa shape index (κ3) is 12.1. The van der Waals surface area contributed by atoms with E-state index in [0.29, 0.717) is 25.0 Å². The van der Waals surface area contributed by atoms with Gasteiger partial charge >= 0.3 is 17.9 Å². The quantitative estimate of drug-likeness (QED) is 0.0913. The Labute approximate surface area is 172 Å². The van der Waals surface area contributed by atoms with Gasteiger partial charge in [-0.25, -0.2) is 14.4 Å². The van der Waals surface area contributed by atoms with Crippen LogP contribution in [0.25, 0.3) is 0 Å². The summed E-state index contributed by atoms with van der Waals surface area (Å²) in [4.78, 5) is 34.2. The van der Waals surface area contributed by atoms with Crippen molar-refractivity contribution in [2.24, 2.45) is 5.41 Å². The van der Waals surface area contributed by atoms with Crippen LogP contribution in [-0.2, 0) is 33.3 Å². The van der Waals surface area contributed by atoms with Crippen molar-refractivity contribution in [3.05, 3.63) is 63.0 Å². The van der Waals surface area contributed by atoms with Gasteiger partial charge in [-0.15, -0.1) is 0 Å². The van der Waals surface area contributed by atoms with Gasteiger partial charge in [-0.05, 0) is 18.9 Å². The van der Waals surface area contributed by atoms with Gasteiger partial charge < -0.3 is 18.9 Å². The maximum absolute atomic E-state index is 11.6. The second-order valence-electron chi connectivity index (χ2n) is 6.27. The molecule has 0 radical (unpaired) electrons. The van der Waals surface area contributed by atoms with Crippen molar-refractivity contribution >= 4 is 17.9 Å². The molecule has 0 fully saturated rings. The van der Waals surface area contributed by atoms with Crippen LogP contribution in [-0.4, -0.2) is 44.3 Å². The first-order chi connectivity index (χ1) is 13.8. The Balaban J connectivity index is 5.06. The maximum Gasteiger partial charge on any atom is 0.330 e. The third-order valence-electron chi connectivity index (χ3n) is 3.93. The molecule has 0 bridgehead atoms. The lowest BCUT2D eigenvalue weighted by atomic mass is 9.84. The molecule has 0 aromatic rings. The standard InChI is InChI=1S/C22H30O7/c1-6-18(5)27-15-22(16-28-20(24)8-3,17-29-21(25)9-4)13-11-10-12-14-26-19(23)7-2/h6-9H,1-5,10-17H2. The summed E-state index contributed by atoms with van der Waals surface area (Å²) in [7, 11) is 0. The van der Waals surface area contributed by atoms with Gasteiger partial charge in [0.2, 0.25) is 0 Å². The van der Waals surface area contributed by atoms with Crippen LogP contribution in [0.2, 0.25) is 0 Å². The summed E-state index contributed by atoms with van der Waals surface area (Å²) in [5.41, 5.74) is -0.804. The van der Waals surface area contributed by atoms with Crippen LogP contribution in [0.4, 0.5) is 0 Å². The molecule has 0 amide bonds. The second kappa shape index (κ2) is 14.9. The lowest BCUT2D eigenvalue weighted by molar-refractivity contribution is -0.151. The minimum Gasteiger partial charge on any atom is -0.493 e. The molecule has 0 atom stereocenters. The molecule has 0 saturated carbocycles. The van der Waals surface area contributed by atoms with Crippen molar-refractivity contribution in [1.82, 2.24) is 0 Å². The molecule has 0 aliphatic carbocycles. The molecule has 29 heavy (non-hydrogen) atoms. The van der Waals surface area contributed by atoms with Gasteiger partial charge in [0.05, 0.1) is 12.0 Å². The number of carbonyl (C=O) groups excluding carboxylic acids is 3. The molecule has 0 aromatic heterocycles. The van der Waals surface area contributed by atoms with Gasteiger partial charge in [-0.1, -0.05) is 45.7 Å². The largest absolute Gasteiger partial charge is 0.493 e. The minimum atomic E-state index is -0.804. The molecule has 0 spiro atoms. The molecule has 0 aliphatic heterocycles. The van der Waals surface area contributed by atoms with Crippen LogP contribution in [0.3, 0.4) is 0 Å². The fourth-order valence-electron chi connectivity index (χ4n) is 2.22. The molecule has 0 unspecified atom stereocenters.